The Kier molecular flexibility index (Phi) is 6.41. The van der Waals surface area contributed by atoms with E-state index in [2.05, 4.69) is 13.5 Å². The first kappa shape index (κ1) is 13.8. The van der Waals surface area contributed by atoms with Crippen LogP contribution in [0.2, 0.25) is 0 Å². The van der Waals surface area contributed by atoms with E-state index in [0.717, 1.165) is 31.6 Å². The molecule has 1 unspecified atom stereocenters. The molecule has 0 bridgehead atoms. The number of allylic oxidation sites excluding steroid dienone is 1. The van der Waals surface area contributed by atoms with Crippen LogP contribution in [0.1, 0.15) is 37.9 Å². The number of ether oxygens (including phenoxy) is 2. The average Bonchev–Trinajstić information content (AvgIpc) is 2.38. The highest BCUT2D eigenvalue weighted by atomic mass is 16.5. The van der Waals surface area contributed by atoms with E-state index in [0.29, 0.717) is 0 Å². The molecule has 94 valence electrons. The van der Waals surface area contributed by atoms with E-state index in [1.165, 1.54) is 5.56 Å². The number of hydrogen-bond donors (Lipinski definition) is 0. The molecular weight excluding hydrogens is 212 g/mol. The summed E-state index contributed by atoms with van der Waals surface area (Å²) in [4.78, 5) is 0. The third-order valence-electron chi connectivity index (χ3n) is 2.76. The predicted molar refractivity (Wildman–Crippen MR) is 71.4 cm³/mol. The van der Waals surface area contributed by atoms with Gasteiger partial charge in [0.15, 0.2) is 0 Å². The van der Waals surface area contributed by atoms with E-state index in [4.69, 9.17) is 9.47 Å². The molecule has 0 spiro atoms. The molecule has 0 fully saturated rings. The summed E-state index contributed by atoms with van der Waals surface area (Å²) < 4.78 is 10.9. The van der Waals surface area contributed by atoms with Gasteiger partial charge in [0.2, 0.25) is 0 Å². The van der Waals surface area contributed by atoms with Crippen molar-refractivity contribution < 1.29 is 9.47 Å². The summed E-state index contributed by atoms with van der Waals surface area (Å²) in [7, 11) is 1.68. The Hall–Kier alpha value is -1.28. The lowest BCUT2D eigenvalue weighted by molar-refractivity contribution is 0.0632. The van der Waals surface area contributed by atoms with Crippen molar-refractivity contribution in [2.45, 2.75) is 32.3 Å². The van der Waals surface area contributed by atoms with E-state index < -0.39 is 0 Å². The molecular formula is C15H22O2. The Morgan fingerprint density at radius 3 is 2.53 bits per heavy atom. The molecule has 1 rings (SSSR count). The minimum Gasteiger partial charge on any atom is -0.497 e. The first-order valence-electron chi connectivity index (χ1n) is 6.14. The normalized spacial score (nSPS) is 12.1. The monoisotopic (exact) mass is 234 g/mol. The molecule has 1 aromatic carbocycles. The standard InChI is InChI=1S/C15H22O2/c1-4-5-6-7-12-17-13(2)14-8-10-15(16-3)11-9-14/h4,8-11,13H,1,5-7,12H2,2-3H3. The Balaban J connectivity index is 2.30. The first-order chi connectivity index (χ1) is 8.27. The van der Waals surface area contributed by atoms with Crippen LogP contribution < -0.4 is 4.74 Å². The van der Waals surface area contributed by atoms with Crippen LogP contribution >= 0.6 is 0 Å². The van der Waals surface area contributed by atoms with Gasteiger partial charge in [0, 0.05) is 6.61 Å². The molecule has 0 aromatic heterocycles. The number of hydrogen-bond acceptors (Lipinski definition) is 2. The van der Waals surface area contributed by atoms with Gasteiger partial charge in [-0.05, 0) is 43.9 Å². The largest absolute Gasteiger partial charge is 0.497 e. The maximum atomic E-state index is 5.77. The third kappa shape index (κ3) is 5.05. The summed E-state index contributed by atoms with van der Waals surface area (Å²) in [5.41, 5.74) is 1.19. The fourth-order valence-corrected chi connectivity index (χ4v) is 1.62. The molecule has 2 nitrogen and oxygen atoms in total. The molecule has 0 aliphatic rings. The van der Waals surface area contributed by atoms with Crippen molar-refractivity contribution in [3.8, 4) is 5.75 Å². The Bertz CT molecular complexity index is 316. The van der Waals surface area contributed by atoms with Crippen LogP contribution in [0.4, 0.5) is 0 Å². The van der Waals surface area contributed by atoms with Crippen LogP contribution in [0, 0.1) is 0 Å². The molecule has 2 heteroatoms. The van der Waals surface area contributed by atoms with Gasteiger partial charge in [-0.3, -0.25) is 0 Å². The topological polar surface area (TPSA) is 18.5 Å². The second-order valence-electron chi connectivity index (χ2n) is 4.07. The highest BCUT2D eigenvalue weighted by molar-refractivity contribution is 5.28. The maximum absolute atomic E-state index is 5.77. The zero-order chi connectivity index (χ0) is 12.5. The van der Waals surface area contributed by atoms with Gasteiger partial charge in [-0.15, -0.1) is 6.58 Å². The highest BCUT2D eigenvalue weighted by Gasteiger charge is 2.05. The van der Waals surface area contributed by atoms with Crippen LogP contribution in [-0.4, -0.2) is 13.7 Å². The predicted octanol–water partition coefficient (Wildman–Crippen LogP) is 4.13. The smallest absolute Gasteiger partial charge is 0.118 e. The van der Waals surface area contributed by atoms with Crippen LogP contribution in [-0.2, 0) is 4.74 Å². The fraction of sp³-hybridized carbons (Fsp3) is 0.467. The van der Waals surface area contributed by atoms with Gasteiger partial charge >= 0.3 is 0 Å². The van der Waals surface area contributed by atoms with Crippen molar-refractivity contribution in [3.63, 3.8) is 0 Å². The summed E-state index contributed by atoms with van der Waals surface area (Å²) in [6.07, 6.45) is 5.41. The van der Waals surface area contributed by atoms with Gasteiger partial charge in [0.1, 0.15) is 5.75 Å². The molecule has 0 saturated carbocycles. The summed E-state index contributed by atoms with van der Waals surface area (Å²) in [5.74, 6) is 0.881. The van der Waals surface area contributed by atoms with Gasteiger partial charge in [-0.25, -0.2) is 0 Å². The van der Waals surface area contributed by atoms with E-state index >= 15 is 0 Å². The van der Waals surface area contributed by atoms with E-state index in [1.807, 2.05) is 30.3 Å². The van der Waals surface area contributed by atoms with Crippen LogP contribution in [0.5, 0.6) is 5.75 Å². The van der Waals surface area contributed by atoms with E-state index in [-0.39, 0.29) is 6.10 Å². The summed E-state index contributed by atoms with van der Waals surface area (Å²) in [5, 5.41) is 0. The van der Waals surface area contributed by atoms with Gasteiger partial charge in [0.05, 0.1) is 13.2 Å². The molecule has 17 heavy (non-hydrogen) atoms. The van der Waals surface area contributed by atoms with Crippen molar-refractivity contribution in [2.75, 3.05) is 13.7 Å². The molecule has 0 radical (unpaired) electrons. The zero-order valence-electron chi connectivity index (χ0n) is 10.8. The minimum atomic E-state index is 0.143. The van der Waals surface area contributed by atoms with Gasteiger partial charge in [-0.2, -0.15) is 0 Å². The first-order valence-corrected chi connectivity index (χ1v) is 6.14. The number of methoxy groups -OCH3 is 1. The van der Waals surface area contributed by atoms with Crippen LogP contribution in [0.25, 0.3) is 0 Å². The Labute approximate surface area is 104 Å². The minimum absolute atomic E-state index is 0.143. The SMILES string of the molecule is C=CCCCCOC(C)c1ccc(OC)cc1. The van der Waals surface area contributed by atoms with E-state index in [9.17, 15) is 0 Å². The molecule has 1 atom stereocenters. The van der Waals surface area contributed by atoms with Crippen molar-refractivity contribution in [1.29, 1.82) is 0 Å². The van der Waals surface area contributed by atoms with Crippen molar-refractivity contribution in [2.24, 2.45) is 0 Å². The van der Waals surface area contributed by atoms with Crippen molar-refractivity contribution >= 4 is 0 Å². The molecule has 0 aliphatic carbocycles. The van der Waals surface area contributed by atoms with Crippen molar-refractivity contribution in [1.82, 2.24) is 0 Å². The highest BCUT2D eigenvalue weighted by Crippen LogP contribution is 2.20. The number of benzene rings is 1. The average molecular weight is 234 g/mol. The lowest BCUT2D eigenvalue weighted by atomic mass is 10.1. The number of unbranched alkanes of at least 4 members (excludes halogenated alkanes) is 2. The Morgan fingerprint density at radius 2 is 1.94 bits per heavy atom. The second-order valence-corrected chi connectivity index (χ2v) is 4.07. The lowest BCUT2D eigenvalue weighted by Crippen LogP contribution is -2.01. The molecule has 0 heterocycles. The molecule has 0 amide bonds. The summed E-state index contributed by atoms with van der Waals surface area (Å²) in [6.45, 7) is 6.59. The Morgan fingerprint density at radius 1 is 1.24 bits per heavy atom. The summed E-state index contributed by atoms with van der Waals surface area (Å²) >= 11 is 0. The molecule has 0 N–H and O–H groups in total. The maximum Gasteiger partial charge on any atom is 0.118 e. The summed E-state index contributed by atoms with van der Waals surface area (Å²) in [6, 6.07) is 8.03. The van der Waals surface area contributed by atoms with Crippen molar-refractivity contribution in [3.05, 3.63) is 42.5 Å². The molecule has 1 aromatic rings. The second kappa shape index (κ2) is 7.91. The third-order valence-corrected chi connectivity index (χ3v) is 2.76. The lowest BCUT2D eigenvalue weighted by Gasteiger charge is -2.13. The molecule has 0 aliphatic heterocycles. The van der Waals surface area contributed by atoms with Gasteiger partial charge in [-0.1, -0.05) is 18.2 Å². The fourth-order valence-electron chi connectivity index (χ4n) is 1.62. The van der Waals surface area contributed by atoms with Gasteiger partial charge in [0.25, 0.3) is 0 Å². The molecule has 0 saturated heterocycles. The number of rotatable bonds is 8. The van der Waals surface area contributed by atoms with Crippen LogP contribution in [0.3, 0.4) is 0 Å². The van der Waals surface area contributed by atoms with Gasteiger partial charge < -0.3 is 9.47 Å². The van der Waals surface area contributed by atoms with Crippen LogP contribution in [0.15, 0.2) is 36.9 Å². The quantitative estimate of drug-likeness (QED) is 0.497. The zero-order valence-corrected chi connectivity index (χ0v) is 10.8. The van der Waals surface area contributed by atoms with E-state index in [1.54, 1.807) is 7.11 Å².